The van der Waals surface area contributed by atoms with Crippen LogP contribution in [0.5, 0.6) is 0 Å². The SMILES string of the molecule is Cc1ccc(C)c(-n2c(CSCc3ccccc3)n[nH]c2=S)c1. The van der Waals surface area contributed by atoms with Gasteiger partial charge in [0.2, 0.25) is 0 Å². The molecule has 3 rings (SSSR count). The maximum Gasteiger partial charge on any atom is 0.199 e. The first-order valence-corrected chi connectivity index (χ1v) is 9.07. The van der Waals surface area contributed by atoms with Gasteiger partial charge in [-0.3, -0.25) is 9.67 Å². The van der Waals surface area contributed by atoms with E-state index in [-0.39, 0.29) is 0 Å². The molecule has 0 aliphatic heterocycles. The fourth-order valence-electron chi connectivity index (χ4n) is 2.47. The number of rotatable bonds is 5. The Morgan fingerprint density at radius 1 is 1.09 bits per heavy atom. The number of nitrogens with one attached hydrogen (secondary N) is 1. The van der Waals surface area contributed by atoms with Crippen molar-refractivity contribution in [2.24, 2.45) is 0 Å². The van der Waals surface area contributed by atoms with Crippen LogP contribution in [0.2, 0.25) is 0 Å². The standard InChI is InChI=1S/C18H19N3S2/c1-13-8-9-14(2)16(10-13)21-17(19-20-18(21)22)12-23-11-15-6-4-3-5-7-15/h3-10H,11-12H2,1-2H3,(H,20,22). The molecule has 2 aromatic carbocycles. The van der Waals surface area contributed by atoms with Crippen molar-refractivity contribution in [1.29, 1.82) is 0 Å². The fraction of sp³-hybridized carbons (Fsp3) is 0.222. The lowest BCUT2D eigenvalue weighted by Crippen LogP contribution is -2.03. The molecule has 0 atom stereocenters. The summed E-state index contributed by atoms with van der Waals surface area (Å²) in [5, 5.41) is 7.35. The molecule has 0 spiro atoms. The molecule has 118 valence electrons. The number of H-pyrrole nitrogens is 1. The molecule has 0 unspecified atom stereocenters. The normalized spacial score (nSPS) is 10.9. The van der Waals surface area contributed by atoms with Crippen molar-refractivity contribution < 1.29 is 0 Å². The average molecular weight is 342 g/mol. The van der Waals surface area contributed by atoms with Gasteiger partial charge in [-0.05, 0) is 48.8 Å². The Morgan fingerprint density at radius 3 is 2.65 bits per heavy atom. The van der Waals surface area contributed by atoms with Gasteiger partial charge in [0.1, 0.15) is 5.82 Å². The van der Waals surface area contributed by atoms with Gasteiger partial charge in [-0.25, -0.2) is 0 Å². The van der Waals surface area contributed by atoms with Gasteiger partial charge in [-0.1, -0.05) is 42.5 Å². The maximum atomic E-state index is 5.44. The molecule has 1 N–H and O–H groups in total. The minimum Gasteiger partial charge on any atom is -0.271 e. The van der Waals surface area contributed by atoms with E-state index < -0.39 is 0 Å². The lowest BCUT2D eigenvalue weighted by atomic mass is 10.1. The second-order valence-electron chi connectivity index (χ2n) is 5.55. The molecule has 1 heterocycles. The van der Waals surface area contributed by atoms with Crippen LogP contribution in [0.3, 0.4) is 0 Å². The molecule has 0 fully saturated rings. The van der Waals surface area contributed by atoms with Crippen LogP contribution in [0.1, 0.15) is 22.5 Å². The van der Waals surface area contributed by atoms with E-state index in [4.69, 9.17) is 12.2 Å². The minimum absolute atomic E-state index is 0.647. The van der Waals surface area contributed by atoms with E-state index in [1.54, 1.807) is 0 Å². The number of hydrogen-bond donors (Lipinski definition) is 1. The van der Waals surface area contributed by atoms with Gasteiger partial charge in [0.15, 0.2) is 4.77 Å². The Kier molecular flexibility index (Phi) is 4.98. The third kappa shape index (κ3) is 3.74. The van der Waals surface area contributed by atoms with Crippen LogP contribution in [-0.2, 0) is 11.5 Å². The molecular weight excluding hydrogens is 322 g/mol. The van der Waals surface area contributed by atoms with Gasteiger partial charge in [-0.15, -0.1) is 11.8 Å². The molecule has 23 heavy (non-hydrogen) atoms. The summed E-state index contributed by atoms with van der Waals surface area (Å²) in [6, 6.07) is 16.9. The summed E-state index contributed by atoms with van der Waals surface area (Å²) in [4.78, 5) is 0. The summed E-state index contributed by atoms with van der Waals surface area (Å²) in [5.74, 6) is 2.74. The molecular formula is C18H19N3S2. The molecule has 0 aliphatic carbocycles. The highest BCUT2D eigenvalue weighted by Crippen LogP contribution is 2.22. The zero-order valence-electron chi connectivity index (χ0n) is 13.2. The minimum atomic E-state index is 0.647. The summed E-state index contributed by atoms with van der Waals surface area (Å²) in [6.07, 6.45) is 0. The number of nitrogens with zero attached hydrogens (tertiary/aromatic N) is 2. The zero-order valence-corrected chi connectivity index (χ0v) is 14.9. The van der Waals surface area contributed by atoms with Crippen molar-refractivity contribution in [2.45, 2.75) is 25.4 Å². The first-order valence-electron chi connectivity index (χ1n) is 7.51. The molecule has 0 saturated carbocycles. The van der Waals surface area contributed by atoms with Gasteiger partial charge < -0.3 is 0 Å². The Labute approximate surface area is 145 Å². The molecule has 5 heteroatoms. The van der Waals surface area contributed by atoms with Gasteiger partial charge in [0, 0.05) is 5.75 Å². The summed E-state index contributed by atoms with van der Waals surface area (Å²) >= 11 is 7.28. The Balaban J connectivity index is 1.82. The molecule has 0 radical (unpaired) electrons. The van der Waals surface area contributed by atoms with Crippen LogP contribution in [0.4, 0.5) is 0 Å². The molecule has 0 saturated heterocycles. The smallest absolute Gasteiger partial charge is 0.199 e. The number of aromatic amines is 1. The van der Waals surface area contributed by atoms with Gasteiger partial charge in [0.25, 0.3) is 0 Å². The van der Waals surface area contributed by atoms with Crippen molar-refractivity contribution in [3.63, 3.8) is 0 Å². The van der Waals surface area contributed by atoms with E-state index >= 15 is 0 Å². The van der Waals surface area contributed by atoms with Gasteiger partial charge >= 0.3 is 0 Å². The van der Waals surface area contributed by atoms with E-state index in [0.717, 1.165) is 23.0 Å². The van der Waals surface area contributed by atoms with Crippen molar-refractivity contribution in [2.75, 3.05) is 0 Å². The van der Waals surface area contributed by atoms with Crippen LogP contribution < -0.4 is 0 Å². The summed E-state index contributed by atoms with van der Waals surface area (Å²) in [5.41, 5.74) is 4.85. The van der Waals surface area contributed by atoms with Crippen molar-refractivity contribution in [1.82, 2.24) is 14.8 Å². The molecule has 0 amide bonds. The lowest BCUT2D eigenvalue weighted by molar-refractivity contribution is 0.939. The topological polar surface area (TPSA) is 33.6 Å². The van der Waals surface area contributed by atoms with E-state index in [1.165, 1.54) is 16.7 Å². The highest BCUT2D eigenvalue weighted by Gasteiger charge is 2.11. The van der Waals surface area contributed by atoms with Gasteiger partial charge in [-0.2, -0.15) is 5.10 Å². The van der Waals surface area contributed by atoms with E-state index in [9.17, 15) is 0 Å². The third-order valence-corrected chi connectivity index (χ3v) is 4.96. The predicted octanol–water partition coefficient (Wildman–Crippen LogP) is 4.98. The third-order valence-electron chi connectivity index (χ3n) is 3.69. The van der Waals surface area contributed by atoms with Crippen molar-refractivity contribution >= 4 is 24.0 Å². The molecule has 1 aromatic heterocycles. The average Bonchev–Trinajstić information content (AvgIpc) is 2.92. The van der Waals surface area contributed by atoms with Crippen LogP contribution in [0.15, 0.2) is 48.5 Å². The number of thioether (sulfide) groups is 1. The Bertz CT molecular complexity index is 850. The van der Waals surface area contributed by atoms with Crippen LogP contribution >= 0.6 is 24.0 Å². The van der Waals surface area contributed by atoms with E-state index in [1.807, 2.05) is 17.8 Å². The predicted molar refractivity (Wildman–Crippen MR) is 99.7 cm³/mol. The Morgan fingerprint density at radius 2 is 1.87 bits per heavy atom. The van der Waals surface area contributed by atoms with Crippen LogP contribution in [0, 0.1) is 18.6 Å². The highest BCUT2D eigenvalue weighted by molar-refractivity contribution is 7.97. The fourth-order valence-corrected chi connectivity index (χ4v) is 3.63. The quantitative estimate of drug-likeness (QED) is 0.665. The Hall–Kier alpha value is -1.85. The van der Waals surface area contributed by atoms with Crippen molar-refractivity contribution in [3.05, 3.63) is 75.8 Å². The van der Waals surface area contributed by atoms with Crippen LogP contribution in [0.25, 0.3) is 5.69 Å². The summed E-state index contributed by atoms with van der Waals surface area (Å²) < 4.78 is 2.70. The van der Waals surface area contributed by atoms with Gasteiger partial charge in [0.05, 0.1) is 11.4 Å². The molecule has 0 aliphatic rings. The number of benzene rings is 2. The van der Waals surface area contributed by atoms with Crippen LogP contribution in [-0.4, -0.2) is 14.8 Å². The second-order valence-corrected chi connectivity index (χ2v) is 6.92. The number of aryl methyl sites for hydroxylation is 2. The zero-order chi connectivity index (χ0) is 16.2. The summed E-state index contributed by atoms with van der Waals surface area (Å²) in [6.45, 7) is 4.20. The molecule has 0 bridgehead atoms. The van der Waals surface area contributed by atoms with E-state index in [0.29, 0.717) is 4.77 Å². The monoisotopic (exact) mass is 341 g/mol. The maximum absolute atomic E-state index is 5.44. The first kappa shape index (κ1) is 16.0. The second kappa shape index (κ2) is 7.15. The van der Waals surface area contributed by atoms with Crippen molar-refractivity contribution in [3.8, 4) is 5.69 Å². The molecule has 3 aromatic rings. The highest BCUT2D eigenvalue weighted by atomic mass is 32.2. The first-order chi connectivity index (χ1) is 11.1. The lowest BCUT2D eigenvalue weighted by Gasteiger charge is -2.11. The largest absolute Gasteiger partial charge is 0.271 e. The number of aromatic nitrogens is 3. The molecule has 3 nitrogen and oxygen atoms in total. The summed E-state index contributed by atoms with van der Waals surface area (Å²) in [7, 11) is 0. The number of hydrogen-bond acceptors (Lipinski definition) is 3. The van der Waals surface area contributed by atoms with E-state index in [2.05, 4.69) is 71.1 Å².